The van der Waals surface area contributed by atoms with Gasteiger partial charge in [0, 0.05) is 30.9 Å². The van der Waals surface area contributed by atoms with Gasteiger partial charge < -0.3 is 19.9 Å². The van der Waals surface area contributed by atoms with Gasteiger partial charge in [-0.3, -0.25) is 0 Å². The van der Waals surface area contributed by atoms with Crippen molar-refractivity contribution in [1.29, 1.82) is 0 Å². The van der Waals surface area contributed by atoms with Gasteiger partial charge in [0.25, 0.3) is 0 Å². The molecular weight excluding hydrogens is 326 g/mol. The number of fused-ring (bicyclic) bond motifs is 1. The summed E-state index contributed by atoms with van der Waals surface area (Å²) in [6.45, 7) is 5.65. The van der Waals surface area contributed by atoms with Gasteiger partial charge in [-0.05, 0) is 29.7 Å². The Morgan fingerprint density at radius 3 is 2.50 bits per heavy atom. The van der Waals surface area contributed by atoms with Gasteiger partial charge in [-0.15, -0.1) is 0 Å². The lowest BCUT2D eigenvalue weighted by Crippen LogP contribution is -2.19. The summed E-state index contributed by atoms with van der Waals surface area (Å²) < 4.78 is 7.26. The highest BCUT2D eigenvalue weighted by Gasteiger charge is 2.11. The van der Waals surface area contributed by atoms with E-state index in [0.29, 0.717) is 12.5 Å². The third kappa shape index (κ3) is 4.06. The Bertz CT molecular complexity index is 882. The predicted molar refractivity (Wildman–Crippen MR) is 107 cm³/mol. The summed E-state index contributed by atoms with van der Waals surface area (Å²) in [7, 11) is 1.68. The van der Waals surface area contributed by atoms with Crippen molar-refractivity contribution in [2.24, 2.45) is 0 Å². The predicted octanol–water partition coefficient (Wildman–Crippen LogP) is 5.06. The molecular formula is C21H25N3O2. The largest absolute Gasteiger partial charge is 0.383 e. The number of nitrogens with one attached hydrogen (secondary N) is 2. The maximum atomic E-state index is 12.4. The van der Waals surface area contributed by atoms with Crippen LogP contribution in [0, 0.1) is 0 Å². The van der Waals surface area contributed by atoms with Crippen molar-refractivity contribution in [3.05, 3.63) is 60.3 Å². The summed E-state index contributed by atoms with van der Waals surface area (Å²) in [4.78, 5) is 12.4. The zero-order chi connectivity index (χ0) is 18.5. The van der Waals surface area contributed by atoms with Crippen LogP contribution in [0.15, 0.2) is 54.7 Å². The number of carbonyl (C=O) groups is 1. The summed E-state index contributed by atoms with van der Waals surface area (Å²) >= 11 is 0. The van der Waals surface area contributed by atoms with Gasteiger partial charge in [0.1, 0.15) is 0 Å². The Kier molecular flexibility index (Phi) is 5.58. The number of hydrogen-bond donors (Lipinski definition) is 2. The first kappa shape index (κ1) is 18.0. The maximum absolute atomic E-state index is 12.4. The highest BCUT2D eigenvalue weighted by atomic mass is 16.5. The Balaban J connectivity index is 1.74. The van der Waals surface area contributed by atoms with Gasteiger partial charge in [0.2, 0.25) is 0 Å². The number of nitrogens with zero attached hydrogens (tertiary/aromatic N) is 1. The Morgan fingerprint density at radius 1 is 1.08 bits per heavy atom. The number of urea groups is 1. The normalized spacial score (nSPS) is 11.1. The van der Waals surface area contributed by atoms with Crippen LogP contribution >= 0.6 is 0 Å². The molecule has 2 amide bonds. The van der Waals surface area contributed by atoms with Crippen LogP contribution < -0.4 is 10.6 Å². The van der Waals surface area contributed by atoms with Gasteiger partial charge in [0.15, 0.2) is 0 Å². The Morgan fingerprint density at radius 2 is 1.81 bits per heavy atom. The van der Waals surface area contributed by atoms with Crippen LogP contribution in [0.25, 0.3) is 10.9 Å². The van der Waals surface area contributed by atoms with Gasteiger partial charge >= 0.3 is 6.03 Å². The zero-order valence-corrected chi connectivity index (χ0v) is 15.5. The average Bonchev–Trinajstić information content (AvgIpc) is 2.98. The molecule has 2 aromatic carbocycles. The number of hydrogen-bond acceptors (Lipinski definition) is 2. The van der Waals surface area contributed by atoms with E-state index < -0.39 is 0 Å². The van der Waals surface area contributed by atoms with Crippen molar-refractivity contribution >= 4 is 28.3 Å². The summed E-state index contributed by atoms with van der Waals surface area (Å²) in [5.41, 5.74) is 3.88. The minimum atomic E-state index is -0.253. The van der Waals surface area contributed by atoms with Crippen LogP contribution in [0.3, 0.4) is 0 Å². The van der Waals surface area contributed by atoms with E-state index in [1.807, 2.05) is 54.7 Å². The molecule has 0 aliphatic heterocycles. The number of anilines is 2. The number of benzene rings is 2. The molecule has 2 N–H and O–H groups in total. The standard InChI is InChI=1S/C21H25N3O2/c1-15(2)16-8-10-17(11-9-16)22-21(25)23-19-14-24(12-13-26-3)20-7-5-4-6-18(19)20/h4-11,14-15H,12-13H2,1-3H3,(H2,22,23,25). The van der Waals surface area contributed by atoms with Crippen LogP contribution in [0.2, 0.25) is 0 Å². The lowest BCUT2D eigenvalue weighted by Gasteiger charge is -2.09. The fourth-order valence-electron chi connectivity index (χ4n) is 2.96. The first-order valence-electron chi connectivity index (χ1n) is 8.83. The van der Waals surface area contributed by atoms with Crippen LogP contribution in [0.1, 0.15) is 25.3 Å². The Hall–Kier alpha value is -2.79. The van der Waals surface area contributed by atoms with Crippen molar-refractivity contribution in [1.82, 2.24) is 4.57 Å². The molecule has 3 rings (SSSR count). The minimum absolute atomic E-state index is 0.253. The number of rotatable bonds is 6. The fraction of sp³-hybridized carbons (Fsp3) is 0.286. The van der Waals surface area contributed by atoms with Crippen molar-refractivity contribution in [3.8, 4) is 0 Å². The second-order valence-corrected chi connectivity index (χ2v) is 6.60. The van der Waals surface area contributed by atoms with Crippen LogP contribution in [-0.2, 0) is 11.3 Å². The molecule has 5 nitrogen and oxygen atoms in total. The number of amides is 2. The molecule has 0 radical (unpaired) electrons. The van der Waals surface area contributed by atoms with E-state index in [1.165, 1.54) is 5.56 Å². The molecule has 0 spiro atoms. The van der Waals surface area contributed by atoms with E-state index in [1.54, 1.807) is 7.11 Å². The van der Waals surface area contributed by atoms with Gasteiger partial charge in [-0.1, -0.05) is 44.2 Å². The first-order valence-corrected chi connectivity index (χ1v) is 8.83. The first-order chi connectivity index (χ1) is 12.6. The van der Waals surface area contributed by atoms with E-state index in [0.717, 1.165) is 28.8 Å². The highest BCUT2D eigenvalue weighted by molar-refractivity contribution is 6.06. The summed E-state index contributed by atoms with van der Waals surface area (Å²) in [6.07, 6.45) is 1.95. The number of ether oxygens (including phenoxy) is 1. The second kappa shape index (κ2) is 8.06. The van der Waals surface area contributed by atoms with Crippen molar-refractivity contribution < 1.29 is 9.53 Å². The molecule has 0 fully saturated rings. The number of methoxy groups -OCH3 is 1. The van der Waals surface area contributed by atoms with E-state index >= 15 is 0 Å². The molecule has 0 bridgehead atoms. The van der Waals surface area contributed by atoms with Gasteiger partial charge in [-0.25, -0.2) is 4.79 Å². The van der Waals surface area contributed by atoms with Crippen LogP contribution in [0.5, 0.6) is 0 Å². The number of para-hydroxylation sites is 1. The van der Waals surface area contributed by atoms with Crippen LogP contribution in [0.4, 0.5) is 16.2 Å². The van der Waals surface area contributed by atoms with Crippen molar-refractivity contribution in [2.45, 2.75) is 26.3 Å². The summed E-state index contributed by atoms with van der Waals surface area (Å²) in [5.74, 6) is 0.469. The topological polar surface area (TPSA) is 55.3 Å². The summed E-state index contributed by atoms with van der Waals surface area (Å²) in [5, 5.41) is 6.85. The lowest BCUT2D eigenvalue weighted by molar-refractivity contribution is 0.188. The number of carbonyl (C=O) groups excluding carboxylic acids is 1. The quantitative estimate of drug-likeness (QED) is 0.652. The summed E-state index contributed by atoms with van der Waals surface area (Å²) in [6, 6.07) is 15.7. The molecule has 136 valence electrons. The molecule has 0 saturated carbocycles. The molecule has 0 unspecified atom stereocenters. The second-order valence-electron chi connectivity index (χ2n) is 6.60. The molecule has 0 aliphatic rings. The van der Waals surface area contributed by atoms with Crippen LogP contribution in [-0.4, -0.2) is 24.3 Å². The average molecular weight is 351 g/mol. The van der Waals surface area contributed by atoms with E-state index in [2.05, 4.69) is 29.0 Å². The molecule has 26 heavy (non-hydrogen) atoms. The molecule has 3 aromatic rings. The monoisotopic (exact) mass is 351 g/mol. The fourth-order valence-corrected chi connectivity index (χ4v) is 2.96. The van der Waals surface area contributed by atoms with E-state index in [-0.39, 0.29) is 6.03 Å². The molecule has 0 atom stereocenters. The molecule has 1 aromatic heterocycles. The van der Waals surface area contributed by atoms with Gasteiger partial charge in [0.05, 0.1) is 17.8 Å². The third-order valence-electron chi connectivity index (χ3n) is 4.41. The van der Waals surface area contributed by atoms with Gasteiger partial charge in [-0.2, -0.15) is 0 Å². The Labute approximate surface area is 154 Å². The number of aromatic nitrogens is 1. The lowest BCUT2D eigenvalue weighted by atomic mass is 10.0. The molecule has 1 heterocycles. The SMILES string of the molecule is COCCn1cc(NC(=O)Nc2ccc(C(C)C)cc2)c2ccccc21. The zero-order valence-electron chi connectivity index (χ0n) is 15.5. The molecule has 0 aliphatic carbocycles. The highest BCUT2D eigenvalue weighted by Crippen LogP contribution is 2.26. The smallest absolute Gasteiger partial charge is 0.323 e. The molecule has 5 heteroatoms. The van der Waals surface area contributed by atoms with Crippen molar-refractivity contribution in [3.63, 3.8) is 0 Å². The third-order valence-corrected chi connectivity index (χ3v) is 4.41. The maximum Gasteiger partial charge on any atom is 0.323 e. The van der Waals surface area contributed by atoms with E-state index in [9.17, 15) is 4.79 Å². The van der Waals surface area contributed by atoms with Crippen molar-refractivity contribution in [2.75, 3.05) is 24.4 Å². The molecule has 0 saturated heterocycles. The van der Waals surface area contributed by atoms with E-state index in [4.69, 9.17) is 4.74 Å². The minimum Gasteiger partial charge on any atom is -0.383 e.